The highest BCUT2D eigenvalue weighted by Gasteiger charge is 2.24. The van der Waals surface area contributed by atoms with Crippen LogP contribution in [0.3, 0.4) is 0 Å². The summed E-state index contributed by atoms with van der Waals surface area (Å²) in [6.45, 7) is 8.13. The summed E-state index contributed by atoms with van der Waals surface area (Å²) in [6.07, 6.45) is 3.65. The van der Waals surface area contributed by atoms with Crippen molar-refractivity contribution in [2.45, 2.75) is 26.8 Å². The lowest BCUT2D eigenvalue weighted by Crippen LogP contribution is -2.44. The van der Waals surface area contributed by atoms with Gasteiger partial charge in [-0.2, -0.15) is 0 Å². The second-order valence-corrected chi connectivity index (χ2v) is 7.35. The van der Waals surface area contributed by atoms with Crippen molar-refractivity contribution in [2.75, 3.05) is 24.7 Å². The Labute approximate surface area is 167 Å². The van der Waals surface area contributed by atoms with Gasteiger partial charge in [-0.15, -0.1) is 0 Å². The molecule has 0 aromatic carbocycles. The van der Waals surface area contributed by atoms with Gasteiger partial charge in [0.05, 0.1) is 36.2 Å². The number of rotatable bonds is 3. The van der Waals surface area contributed by atoms with Gasteiger partial charge in [0.1, 0.15) is 17.2 Å². The zero-order valence-electron chi connectivity index (χ0n) is 16.6. The maximum atomic E-state index is 5.61. The maximum Gasteiger partial charge on any atom is 0.162 e. The second kappa shape index (κ2) is 6.97. The molecule has 1 atom stereocenters. The van der Waals surface area contributed by atoms with Crippen molar-refractivity contribution < 1.29 is 9.26 Å². The summed E-state index contributed by atoms with van der Waals surface area (Å²) in [5, 5.41) is 5.10. The predicted molar refractivity (Wildman–Crippen MR) is 110 cm³/mol. The smallest absolute Gasteiger partial charge is 0.162 e. The van der Waals surface area contributed by atoms with E-state index in [1.165, 1.54) is 0 Å². The zero-order valence-corrected chi connectivity index (χ0v) is 16.6. The molecule has 0 aliphatic carbocycles. The van der Waals surface area contributed by atoms with Crippen molar-refractivity contribution >= 4 is 16.9 Å². The largest absolute Gasteiger partial charge is 0.377 e. The molecule has 148 valence electrons. The summed E-state index contributed by atoms with van der Waals surface area (Å²) < 4.78 is 11.0. The summed E-state index contributed by atoms with van der Waals surface area (Å²) in [7, 11) is 0. The van der Waals surface area contributed by atoms with E-state index in [0.29, 0.717) is 19.0 Å². The average molecular weight is 390 g/mol. The van der Waals surface area contributed by atoms with E-state index < -0.39 is 0 Å². The Kier molecular flexibility index (Phi) is 4.28. The Morgan fingerprint density at radius 1 is 1.21 bits per heavy atom. The first-order valence-electron chi connectivity index (χ1n) is 9.71. The van der Waals surface area contributed by atoms with Crippen LogP contribution in [0.1, 0.15) is 18.4 Å². The van der Waals surface area contributed by atoms with Crippen LogP contribution in [0.5, 0.6) is 0 Å². The number of aromatic nitrogens is 5. The third-order valence-corrected chi connectivity index (χ3v) is 5.37. The Morgan fingerprint density at radius 3 is 2.90 bits per heavy atom. The molecular weight excluding hydrogens is 368 g/mol. The lowest BCUT2D eigenvalue weighted by molar-refractivity contribution is 0.0985. The molecule has 4 aromatic rings. The highest BCUT2D eigenvalue weighted by Crippen LogP contribution is 2.33. The van der Waals surface area contributed by atoms with E-state index >= 15 is 0 Å². The number of aryl methyl sites for hydroxylation is 2. The van der Waals surface area contributed by atoms with Gasteiger partial charge in [-0.05, 0) is 32.9 Å². The van der Waals surface area contributed by atoms with E-state index in [-0.39, 0.29) is 6.04 Å². The molecule has 1 N–H and O–H groups in total. The molecule has 1 aliphatic heterocycles. The monoisotopic (exact) mass is 390 g/mol. The molecular formula is C21H22N6O2. The van der Waals surface area contributed by atoms with Crippen LogP contribution >= 0.6 is 0 Å². The Balaban J connectivity index is 1.73. The minimum absolute atomic E-state index is 0.230. The van der Waals surface area contributed by atoms with E-state index in [0.717, 1.165) is 51.7 Å². The quantitative estimate of drug-likeness (QED) is 0.572. The zero-order chi connectivity index (χ0) is 20.0. The van der Waals surface area contributed by atoms with Gasteiger partial charge >= 0.3 is 0 Å². The highest BCUT2D eigenvalue weighted by molar-refractivity contribution is 5.91. The average Bonchev–Trinajstić information content (AvgIpc) is 3.34. The van der Waals surface area contributed by atoms with Crippen molar-refractivity contribution in [1.29, 1.82) is 0 Å². The summed E-state index contributed by atoms with van der Waals surface area (Å²) in [5.41, 5.74) is 4.28. The minimum Gasteiger partial charge on any atom is -0.377 e. The first-order valence-corrected chi connectivity index (χ1v) is 9.71. The molecule has 0 spiro atoms. The van der Waals surface area contributed by atoms with E-state index in [1.807, 2.05) is 38.2 Å². The lowest BCUT2D eigenvalue weighted by Gasteiger charge is -2.34. The molecule has 8 heteroatoms. The molecule has 29 heavy (non-hydrogen) atoms. The summed E-state index contributed by atoms with van der Waals surface area (Å²) in [6, 6.07) is 6.21. The van der Waals surface area contributed by atoms with Gasteiger partial charge in [-0.25, -0.2) is 15.0 Å². The Morgan fingerprint density at radius 2 is 2.10 bits per heavy atom. The number of fused-ring (bicyclic) bond motifs is 1. The number of hydrogen-bond acceptors (Lipinski definition) is 7. The van der Waals surface area contributed by atoms with Gasteiger partial charge < -0.3 is 19.1 Å². The van der Waals surface area contributed by atoms with Gasteiger partial charge in [0.2, 0.25) is 0 Å². The SMILES string of the molecule is Cc1noc(C)c1-c1cc(N2CCOC[C@H]2C)nc(-c2ccnc3[nH]ccc23)n1. The fourth-order valence-electron chi connectivity index (χ4n) is 3.90. The molecule has 0 unspecified atom stereocenters. The van der Waals surface area contributed by atoms with Gasteiger partial charge in [-0.3, -0.25) is 0 Å². The van der Waals surface area contributed by atoms with Crippen LogP contribution in [0, 0.1) is 13.8 Å². The lowest BCUT2D eigenvalue weighted by atomic mass is 10.1. The number of morpholine rings is 1. The molecule has 0 bridgehead atoms. The van der Waals surface area contributed by atoms with Crippen molar-refractivity contribution in [3.05, 3.63) is 42.0 Å². The maximum absolute atomic E-state index is 5.61. The summed E-state index contributed by atoms with van der Waals surface area (Å²) in [4.78, 5) is 19.7. The van der Waals surface area contributed by atoms with E-state index in [2.05, 4.69) is 26.9 Å². The van der Waals surface area contributed by atoms with E-state index in [9.17, 15) is 0 Å². The molecule has 0 saturated carbocycles. The number of anilines is 1. The molecule has 0 radical (unpaired) electrons. The van der Waals surface area contributed by atoms with E-state index in [4.69, 9.17) is 19.2 Å². The molecule has 8 nitrogen and oxygen atoms in total. The standard InChI is InChI=1S/C21H22N6O2/c1-12-11-28-9-8-27(12)18-10-17(19-13(2)26-29-14(19)3)24-21(25-18)16-5-7-23-20-15(16)4-6-22-20/h4-7,10,12H,8-9,11H2,1-3H3,(H,22,23)/t12-/m1/s1. The number of pyridine rings is 1. The molecule has 1 aliphatic rings. The molecule has 5 rings (SSSR count). The molecule has 0 amide bonds. The Hall–Kier alpha value is -3.26. The van der Waals surface area contributed by atoms with Crippen molar-refractivity contribution in [2.24, 2.45) is 0 Å². The first kappa shape index (κ1) is 17.8. The van der Waals surface area contributed by atoms with E-state index in [1.54, 1.807) is 6.20 Å². The minimum atomic E-state index is 0.230. The number of nitrogens with zero attached hydrogens (tertiary/aromatic N) is 5. The second-order valence-electron chi connectivity index (χ2n) is 7.35. The van der Waals surface area contributed by atoms with Crippen LogP contribution in [0.2, 0.25) is 0 Å². The molecule has 1 fully saturated rings. The van der Waals surface area contributed by atoms with Crippen LogP contribution in [0.25, 0.3) is 33.7 Å². The summed E-state index contributed by atoms with van der Waals surface area (Å²) >= 11 is 0. The summed E-state index contributed by atoms with van der Waals surface area (Å²) in [5.74, 6) is 2.28. The normalized spacial score (nSPS) is 17.2. The van der Waals surface area contributed by atoms with Crippen molar-refractivity contribution in [1.82, 2.24) is 25.1 Å². The van der Waals surface area contributed by atoms with Crippen LogP contribution < -0.4 is 4.90 Å². The molecule has 4 aromatic heterocycles. The highest BCUT2D eigenvalue weighted by atomic mass is 16.5. The van der Waals surface area contributed by atoms with Crippen LogP contribution in [0.4, 0.5) is 5.82 Å². The van der Waals surface area contributed by atoms with Crippen molar-refractivity contribution in [3.8, 4) is 22.6 Å². The number of hydrogen-bond donors (Lipinski definition) is 1. The predicted octanol–water partition coefficient (Wildman–Crippen LogP) is 3.52. The number of nitrogens with one attached hydrogen (secondary N) is 1. The van der Waals surface area contributed by atoms with Crippen molar-refractivity contribution in [3.63, 3.8) is 0 Å². The molecule has 5 heterocycles. The Bertz CT molecular complexity index is 1160. The third kappa shape index (κ3) is 3.05. The van der Waals surface area contributed by atoms with Crippen LogP contribution in [0.15, 0.2) is 35.1 Å². The van der Waals surface area contributed by atoms with Gasteiger partial charge in [0.25, 0.3) is 0 Å². The fraction of sp³-hybridized carbons (Fsp3) is 0.333. The van der Waals surface area contributed by atoms with Gasteiger partial charge in [0, 0.05) is 36.0 Å². The van der Waals surface area contributed by atoms with Gasteiger partial charge in [0.15, 0.2) is 5.82 Å². The third-order valence-electron chi connectivity index (χ3n) is 5.37. The number of H-pyrrole nitrogens is 1. The van der Waals surface area contributed by atoms with Gasteiger partial charge in [-0.1, -0.05) is 5.16 Å². The van der Waals surface area contributed by atoms with Crippen LogP contribution in [-0.4, -0.2) is 50.9 Å². The fourth-order valence-corrected chi connectivity index (χ4v) is 3.90. The number of ether oxygens (including phenoxy) is 1. The van der Waals surface area contributed by atoms with Crippen LogP contribution in [-0.2, 0) is 4.74 Å². The molecule has 1 saturated heterocycles. The number of aromatic amines is 1. The first-order chi connectivity index (χ1) is 14.1. The topological polar surface area (TPSA) is 93.0 Å².